The number of hydrogen-bond acceptors (Lipinski definition) is 4. The number of hydrogen-bond donors (Lipinski definition) is 2. The number of halogens is 2. The Morgan fingerprint density at radius 3 is 2.73 bits per heavy atom. The van der Waals surface area contributed by atoms with Gasteiger partial charge >= 0.3 is 0 Å². The van der Waals surface area contributed by atoms with E-state index in [-0.39, 0.29) is 10.7 Å². The zero-order chi connectivity index (χ0) is 15.9. The fourth-order valence-corrected chi connectivity index (χ4v) is 1.88. The summed E-state index contributed by atoms with van der Waals surface area (Å²) in [6.45, 7) is 1.23. The van der Waals surface area contributed by atoms with E-state index in [9.17, 15) is 9.18 Å². The molecule has 0 aliphatic carbocycles. The Bertz CT molecular complexity index is 650. The predicted octanol–water partition coefficient (Wildman–Crippen LogP) is 3.18. The number of rotatable bonds is 6. The molecule has 0 radical (unpaired) electrons. The smallest absolute Gasteiger partial charge is 0.274 e. The second-order valence-electron chi connectivity index (χ2n) is 4.43. The van der Waals surface area contributed by atoms with Crippen molar-refractivity contribution in [3.05, 3.63) is 53.1 Å². The number of anilines is 2. The maximum absolute atomic E-state index is 13.1. The third-order valence-electron chi connectivity index (χ3n) is 2.81. The minimum atomic E-state index is -0.538. The van der Waals surface area contributed by atoms with Crippen LogP contribution < -0.4 is 10.6 Å². The molecule has 0 aliphatic rings. The molecule has 2 rings (SSSR count). The predicted molar refractivity (Wildman–Crippen MR) is 84.0 cm³/mol. The van der Waals surface area contributed by atoms with Gasteiger partial charge in [-0.05, 0) is 30.3 Å². The summed E-state index contributed by atoms with van der Waals surface area (Å²) in [5.74, 6) is -0.935. The highest BCUT2D eigenvalue weighted by Crippen LogP contribution is 2.19. The monoisotopic (exact) mass is 323 g/mol. The number of nitrogens with zero attached hydrogens (tertiary/aromatic N) is 1. The number of carbonyl (C=O) groups excluding carboxylic acids is 1. The van der Waals surface area contributed by atoms with E-state index in [4.69, 9.17) is 16.3 Å². The molecule has 1 heterocycles. The van der Waals surface area contributed by atoms with Crippen LogP contribution in [0.15, 0.2) is 36.5 Å². The average Bonchev–Trinajstić information content (AvgIpc) is 2.52. The summed E-state index contributed by atoms with van der Waals surface area (Å²) < 4.78 is 18.0. The third-order valence-corrected chi connectivity index (χ3v) is 3.10. The average molecular weight is 324 g/mol. The molecule has 0 saturated carbocycles. The Morgan fingerprint density at radius 2 is 2.09 bits per heavy atom. The summed E-state index contributed by atoms with van der Waals surface area (Å²) in [5.41, 5.74) is 1.44. The van der Waals surface area contributed by atoms with Crippen LogP contribution in [0.4, 0.5) is 15.8 Å². The van der Waals surface area contributed by atoms with Gasteiger partial charge < -0.3 is 15.4 Å². The van der Waals surface area contributed by atoms with E-state index in [0.717, 1.165) is 5.69 Å². The van der Waals surface area contributed by atoms with Gasteiger partial charge in [0.25, 0.3) is 5.91 Å². The van der Waals surface area contributed by atoms with Crippen molar-refractivity contribution in [3.8, 4) is 0 Å². The van der Waals surface area contributed by atoms with E-state index in [1.54, 1.807) is 25.4 Å². The molecule has 22 heavy (non-hydrogen) atoms. The zero-order valence-corrected chi connectivity index (χ0v) is 12.7. The highest BCUT2D eigenvalue weighted by Gasteiger charge is 2.09. The standard InChI is InChI=1S/C15H15ClFN3O2/c1-22-7-6-18-11-3-5-14(19-9-11)15(21)20-10-2-4-13(17)12(16)8-10/h2-5,8-9,18H,6-7H2,1H3,(H,20,21). The lowest BCUT2D eigenvalue weighted by Crippen LogP contribution is -2.14. The van der Waals surface area contributed by atoms with Crippen molar-refractivity contribution in [2.45, 2.75) is 0 Å². The van der Waals surface area contributed by atoms with Crippen molar-refractivity contribution in [1.29, 1.82) is 0 Å². The molecule has 2 aromatic rings. The largest absolute Gasteiger partial charge is 0.383 e. The second-order valence-corrected chi connectivity index (χ2v) is 4.84. The molecule has 0 aliphatic heterocycles. The molecule has 7 heteroatoms. The van der Waals surface area contributed by atoms with Crippen molar-refractivity contribution >= 4 is 28.9 Å². The Kier molecular flexibility index (Phi) is 5.68. The molecule has 0 bridgehead atoms. The summed E-state index contributed by atoms with van der Waals surface area (Å²) in [6.07, 6.45) is 1.56. The van der Waals surface area contributed by atoms with Crippen LogP contribution in [0, 0.1) is 5.82 Å². The van der Waals surface area contributed by atoms with Crippen molar-refractivity contribution in [3.63, 3.8) is 0 Å². The summed E-state index contributed by atoms with van der Waals surface area (Å²) in [5, 5.41) is 5.65. The molecule has 116 valence electrons. The zero-order valence-electron chi connectivity index (χ0n) is 11.9. The molecule has 0 fully saturated rings. The van der Waals surface area contributed by atoms with Crippen molar-refractivity contribution < 1.29 is 13.9 Å². The number of benzene rings is 1. The molecular formula is C15H15ClFN3O2. The van der Waals surface area contributed by atoms with Gasteiger partial charge in [-0.3, -0.25) is 4.79 Å². The molecule has 0 spiro atoms. The van der Waals surface area contributed by atoms with E-state index < -0.39 is 11.7 Å². The molecule has 0 unspecified atom stereocenters. The SMILES string of the molecule is COCCNc1ccc(C(=O)Nc2ccc(F)c(Cl)c2)nc1. The van der Waals surface area contributed by atoms with Gasteiger partial charge in [-0.1, -0.05) is 11.6 Å². The molecule has 1 amide bonds. The minimum Gasteiger partial charge on any atom is -0.383 e. The van der Waals surface area contributed by atoms with Gasteiger partial charge in [0, 0.05) is 19.3 Å². The molecule has 0 saturated heterocycles. The van der Waals surface area contributed by atoms with Gasteiger partial charge in [0.2, 0.25) is 0 Å². The summed E-state index contributed by atoms with van der Waals surface area (Å²) in [7, 11) is 1.62. The molecular weight excluding hydrogens is 309 g/mol. The van der Waals surface area contributed by atoms with Gasteiger partial charge in [-0.2, -0.15) is 0 Å². The van der Waals surface area contributed by atoms with Gasteiger partial charge in [-0.25, -0.2) is 9.37 Å². The lowest BCUT2D eigenvalue weighted by atomic mass is 10.2. The van der Waals surface area contributed by atoms with E-state index in [0.29, 0.717) is 18.8 Å². The first kappa shape index (κ1) is 16.2. The molecule has 5 nitrogen and oxygen atoms in total. The van der Waals surface area contributed by atoms with Crippen LogP contribution in [0.3, 0.4) is 0 Å². The van der Waals surface area contributed by atoms with Crippen LogP contribution >= 0.6 is 11.6 Å². The fourth-order valence-electron chi connectivity index (χ4n) is 1.70. The summed E-state index contributed by atoms with van der Waals surface area (Å²) >= 11 is 5.66. The van der Waals surface area contributed by atoms with E-state index >= 15 is 0 Å². The van der Waals surface area contributed by atoms with Crippen molar-refractivity contribution in [2.24, 2.45) is 0 Å². The number of methoxy groups -OCH3 is 1. The van der Waals surface area contributed by atoms with Crippen LogP contribution in [0.5, 0.6) is 0 Å². The van der Waals surface area contributed by atoms with Crippen molar-refractivity contribution in [2.75, 3.05) is 30.9 Å². The lowest BCUT2D eigenvalue weighted by molar-refractivity contribution is 0.102. The van der Waals surface area contributed by atoms with Gasteiger partial charge in [0.15, 0.2) is 0 Å². The van der Waals surface area contributed by atoms with Gasteiger partial charge in [0.1, 0.15) is 11.5 Å². The van der Waals surface area contributed by atoms with Crippen LogP contribution in [0.2, 0.25) is 5.02 Å². The highest BCUT2D eigenvalue weighted by atomic mass is 35.5. The number of nitrogens with one attached hydrogen (secondary N) is 2. The first-order valence-corrected chi connectivity index (χ1v) is 6.93. The third kappa shape index (κ3) is 4.41. The Morgan fingerprint density at radius 1 is 1.32 bits per heavy atom. The van der Waals surface area contributed by atoms with E-state index in [1.807, 2.05) is 0 Å². The maximum Gasteiger partial charge on any atom is 0.274 e. The topological polar surface area (TPSA) is 63.2 Å². The Balaban J connectivity index is 1.98. The highest BCUT2D eigenvalue weighted by molar-refractivity contribution is 6.31. The number of ether oxygens (including phenoxy) is 1. The number of amides is 1. The van der Waals surface area contributed by atoms with Crippen LogP contribution in [-0.2, 0) is 4.74 Å². The maximum atomic E-state index is 13.1. The van der Waals surface area contributed by atoms with Crippen LogP contribution in [-0.4, -0.2) is 31.2 Å². The van der Waals surface area contributed by atoms with E-state index in [1.165, 1.54) is 18.2 Å². The number of pyridine rings is 1. The van der Waals surface area contributed by atoms with Crippen LogP contribution in [0.25, 0.3) is 0 Å². The van der Waals surface area contributed by atoms with Crippen molar-refractivity contribution in [1.82, 2.24) is 4.98 Å². The molecule has 1 aromatic carbocycles. The summed E-state index contributed by atoms with van der Waals surface area (Å²) in [6, 6.07) is 7.30. The molecule has 2 N–H and O–H groups in total. The molecule has 0 atom stereocenters. The van der Waals surface area contributed by atoms with Gasteiger partial charge in [-0.15, -0.1) is 0 Å². The van der Waals surface area contributed by atoms with Crippen LogP contribution in [0.1, 0.15) is 10.5 Å². The van der Waals surface area contributed by atoms with Gasteiger partial charge in [0.05, 0.1) is 23.5 Å². The Labute approximate surface area is 132 Å². The second kappa shape index (κ2) is 7.72. The fraction of sp³-hybridized carbons (Fsp3) is 0.200. The minimum absolute atomic E-state index is 0.0524. The number of carbonyl (C=O) groups is 1. The lowest BCUT2D eigenvalue weighted by Gasteiger charge is -2.07. The summed E-state index contributed by atoms with van der Waals surface area (Å²) in [4.78, 5) is 16.1. The normalized spacial score (nSPS) is 10.3. The number of aromatic nitrogens is 1. The first-order chi connectivity index (χ1) is 10.6. The Hall–Kier alpha value is -2.18. The molecule has 1 aromatic heterocycles. The first-order valence-electron chi connectivity index (χ1n) is 6.55. The quantitative estimate of drug-likeness (QED) is 0.801. The van der Waals surface area contributed by atoms with E-state index in [2.05, 4.69) is 15.6 Å².